The molecule has 0 spiro atoms. The zero-order valence-electron chi connectivity index (χ0n) is 11.5. The summed E-state index contributed by atoms with van der Waals surface area (Å²) in [4.78, 5) is -1.71. The van der Waals surface area contributed by atoms with Crippen LogP contribution < -0.4 is 9.47 Å². The Morgan fingerprint density at radius 2 is 1.60 bits per heavy atom. The third-order valence-corrected chi connectivity index (χ3v) is 3.52. The van der Waals surface area contributed by atoms with E-state index in [9.17, 15) is 13.2 Å². The Kier molecular flexibility index (Phi) is 6.65. The van der Waals surface area contributed by atoms with Gasteiger partial charge in [-0.3, -0.25) is 0 Å². The molecule has 1 rings (SSSR count). The lowest BCUT2D eigenvalue weighted by atomic mass is 10.1. The van der Waals surface area contributed by atoms with E-state index in [4.69, 9.17) is 9.47 Å². The highest BCUT2D eigenvalue weighted by molar-refractivity contribution is 9.09. The molecule has 0 radical (unpaired) electrons. The SMILES string of the molecule is CCCOc1ccc(C(Br)C(F)(F)F)cc1OCCC. The van der Waals surface area contributed by atoms with Crippen LogP contribution in [0.3, 0.4) is 0 Å². The minimum absolute atomic E-state index is 0.104. The molecular weight excluding hydrogens is 337 g/mol. The molecule has 0 heterocycles. The first-order valence-corrected chi connectivity index (χ1v) is 7.42. The number of hydrogen-bond donors (Lipinski definition) is 0. The fourth-order valence-corrected chi connectivity index (χ4v) is 1.81. The molecular formula is C14H18BrF3O2. The van der Waals surface area contributed by atoms with Crippen molar-refractivity contribution in [2.75, 3.05) is 13.2 Å². The Morgan fingerprint density at radius 1 is 1.05 bits per heavy atom. The van der Waals surface area contributed by atoms with Crippen molar-refractivity contribution in [3.63, 3.8) is 0 Å². The first-order chi connectivity index (χ1) is 9.40. The van der Waals surface area contributed by atoms with Gasteiger partial charge in [0.05, 0.1) is 13.2 Å². The minimum Gasteiger partial charge on any atom is -0.490 e. The van der Waals surface area contributed by atoms with E-state index in [-0.39, 0.29) is 5.56 Å². The zero-order chi connectivity index (χ0) is 15.2. The van der Waals surface area contributed by atoms with Crippen molar-refractivity contribution in [2.24, 2.45) is 0 Å². The number of alkyl halides is 4. The summed E-state index contributed by atoms with van der Waals surface area (Å²) in [6.07, 6.45) is -2.75. The topological polar surface area (TPSA) is 18.5 Å². The second-order valence-electron chi connectivity index (χ2n) is 4.31. The molecule has 1 atom stereocenters. The molecule has 0 N–H and O–H groups in total. The molecule has 0 amide bonds. The average Bonchev–Trinajstić information content (AvgIpc) is 2.41. The molecule has 0 fully saturated rings. The quantitative estimate of drug-likeness (QED) is 0.621. The molecule has 1 aromatic carbocycles. The van der Waals surface area contributed by atoms with E-state index in [0.29, 0.717) is 24.7 Å². The second-order valence-corrected chi connectivity index (χ2v) is 5.22. The first-order valence-electron chi connectivity index (χ1n) is 6.50. The van der Waals surface area contributed by atoms with Gasteiger partial charge in [-0.15, -0.1) is 0 Å². The van der Waals surface area contributed by atoms with E-state index in [1.807, 2.05) is 13.8 Å². The molecule has 20 heavy (non-hydrogen) atoms. The molecule has 114 valence electrons. The lowest BCUT2D eigenvalue weighted by Crippen LogP contribution is -2.15. The van der Waals surface area contributed by atoms with E-state index in [0.717, 1.165) is 12.8 Å². The Hall–Kier alpha value is -0.910. The number of hydrogen-bond acceptors (Lipinski definition) is 2. The van der Waals surface area contributed by atoms with Crippen LogP contribution in [-0.2, 0) is 0 Å². The van der Waals surface area contributed by atoms with Gasteiger partial charge >= 0.3 is 6.18 Å². The molecule has 0 saturated heterocycles. The number of halogens is 4. The monoisotopic (exact) mass is 354 g/mol. The first kappa shape index (κ1) is 17.1. The van der Waals surface area contributed by atoms with Crippen LogP contribution in [0.4, 0.5) is 13.2 Å². The third-order valence-electron chi connectivity index (χ3n) is 2.47. The largest absolute Gasteiger partial charge is 0.490 e. The van der Waals surface area contributed by atoms with Crippen LogP contribution in [0.2, 0.25) is 0 Å². The van der Waals surface area contributed by atoms with Crippen molar-refractivity contribution < 1.29 is 22.6 Å². The maximum Gasteiger partial charge on any atom is 0.405 e. The maximum atomic E-state index is 12.7. The van der Waals surface area contributed by atoms with Crippen molar-refractivity contribution in [1.29, 1.82) is 0 Å². The van der Waals surface area contributed by atoms with E-state index in [1.54, 1.807) is 0 Å². The predicted molar refractivity (Wildman–Crippen MR) is 75.7 cm³/mol. The molecule has 0 saturated carbocycles. The second kappa shape index (κ2) is 7.76. The Bertz CT molecular complexity index is 421. The van der Waals surface area contributed by atoms with Crippen LogP contribution in [0.1, 0.15) is 37.1 Å². The van der Waals surface area contributed by atoms with Crippen LogP contribution in [0.25, 0.3) is 0 Å². The van der Waals surface area contributed by atoms with Crippen molar-refractivity contribution in [3.8, 4) is 11.5 Å². The minimum atomic E-state index is -4.34. The van der Waals surface area contributed by atoms with Gasteiger partial charge in [-0.2, -0.15) is 13.2 Å². The van der Waals surface area contributed by atoms with Gasteiger partial charge in [0.1, 0.15) is 4.83 Å². The van der Waals surface area contributed by atoms with Gasteiger partial charge in [0.2, 0.25) is 0 Å². The summed E-state index contributed by atoms with van der Waals surface area (Å²) in [7, 11) is 0. The van der Waals surface area contributed by atoms with Gasteiger partial charge in [0.25, 0.3) is 0 Å². The maximum absolute atomic E-state index is 12.7. The van der Waals surface area contributed by atoms with Crippen molar-refractivity contribution in [2.45, 2.75) is 37.7 Å². The number of rotatable bonds is 7. The highest BCUT2D eigenvalue weighted by atomic mass is 79.9. The van der Waals surface area contributed by atoms with Crippen LogP contribution in [0.15, 0.2) is 18.2 Å². The van der Waals surface area contributed by atoms with Crippen LogP contribution >= 0.6 is 15.9 Å². The summed E-state index contributed by atoms with van der Waals surface area (Å²) < 4.78 is 49.1. The van der Waals surface area contributed by atoms with E-state index < -0.39 is 11.0 Å². The van der Waals surface area contributed by atoms with Gasteiger partial charge < -0.3 is 9.47 Å². The number of ether oxygens (including phenoxy) is 2. The smallest absolute Gasteiger partial charge is 0.405 e. The highest BCUT2D eigenvalue weighted by Crippen LogP contribution is 2.42. The molecule has 1 aromatic rings. The van der Waals surface area contributed by atoms with Gasteiger partial charge in [0, 0.05) is 0 Å². The van der Waals surface area contributed by atoms with Gasteiger partial charge in [-0.05, 0) is 30.5 Å². The standard InChI is InChI=1S/C14H18BrF3O2/c1-3-7-19-11-6-5-10(13(15)14(16,17)18)9-12(11)20-8-4-2/h5-6,9,13H,3-4,7-8H2,1-2H3. The summed E-state index contributed by atoms with van der Waals surface area (Å²) >= 11 is 2.66. The van der Waals surface area contributed by atoms with Crippen LogP contribution in [-0.4, -0.2) is 19.4 Å². The molecule has 0 aliphatic rings. The zero-order valence-corrected chi connectivity index (χ0v) is 13.1. The molecule has 1 unspecified atom stereocenters. The van der Waals surface area contributed by atoms with Crippen molar-refractivity contribution in [1.82, 2.24) is 0 Å². The van der Waals surface area contributed by atoms with Gasteiger partial charge in [-0.1, -0.05) is 35.8 Å². The highest BCUT2D eigenvalue weighted by Gasteiger charge is 2.39. The molecule has 0 aromatic heterocycles. The van der Waals surface area contributed by atoms with Crippen LogP contribution in [0.5, 0.6) is 11.5 Å². The molecule has 0 aliphatic heterocycles. The summed E-state index contributed by atoms with van der Waals surface area (Å²) in [5.74, 6) is 0.831. The lowest BCUT2D eigenvalue weighted by molar-refractivity contribution is -0.128. The van der Waals surface area contributed by atoms with Gasteiger partial charge in [0.15, 0.2) is 11.5 Å². The normalized spacial score (nSPS) is 13.1. The van der Waals surface area contributed by atoms with Crippen molar-refractivity contribution in [3.05, 3.63) is 23.8 Å². The Balaban J connectivity index is 3.00. The van der Waals surface area contributed by atoms with Gasteiger partial charge in [-0.25, -0.2) is 0 Å². The lowest BCUT2D eigenvalue weighted by Gasteiger charge is -2.17. The van der Waals surface area contributed by atoms with E-state index >= 15 is 0 Å². The predicted octanol–water partition coefficient (Wildman–Crippen LogP) is 5.26. The van der Waals surface area contributed by atoms with E-state index in [1.165, 1.54) is 18.2 Å². The number of benzene rings is 1. The fraction of sp³-hybridized carbons (Fsp3) is 0.571. The summed E-state index contributed by atoms with van der Waals surface area (Å²) in [6, 6.07) is 4.31. The Labute approximate surface area is 125 Å². The van der Waals surface area contributed by atoms with Crippen molar-refractivity contribution >= 4 is 15.9 Å². The average molecular weight is 355 g/mol. The molecule has 2 nitrogen and oxygen atoms in total. The Morgan fingerprint density at radius 3 is 2.10 bits per heavy atom. The molecule has 6 heteroatoms. The summed E-state index contributed by atoms with van der Waals surface area (Å²) in [5.41, 5.74) is 0.104. The fourth-order valence-electron chi connectivity index (χ4n) is 1.53. The third kappa shape index (κ3) is 4.89. The molecule has 0 aliphatic carbocycles. The van der Waals surface area contributed by atoms with Crippen LogP contribution in [0, 0.1) is 0 Å². The molecule has 0 bridgehead atoms. The summed E-state index contributed by atoms with van der Waals surface area (Å²) in [6.45, 7) is 4.82. The summed E-state index contributed by atoms with van der Waals surface area (Å²) in [5, 5.41) is 0. The van der Waals surface area contributed by atoms with E-state index in [2.05, 4.69) is 15.9 Å².